The molecular formula is C24H28N4O8S2. The molecule has 4 rings (SSSR count). The maximum atomic E-state index is 13.7. The lowest BCUT2D eigenvalue weighted by molar-refractivity contribution is -0.384. The molecular weight excluding hydrogens is 536 g/mol. The van der Waals surface area contributed by atoms with E-state index in [4.69, 9.17) is 0 Å². The number of rotatable bonds is 9. The highest BCUT2D eigenvalue weighted by Gasteiger charge is 2.47. The van der Waals surface area contributed by atoms with Crippen LogP contribution in [0.2, 0.25) is 0 Å². The molecule has 2 amide bonds. The van der Waals surface area contributed by atoms with Crippen LogP contribution in [-0.4, -0.2) is 70.7 Å². The van der Waals surface area contributed by atoms with Crippen LogP contribution in [0.5, 0.6) is 0 Å². The van der Waals surface area contributed by atoms with E-state index in [1.54, 1.807) is 11.4 Å². The Morgan fingerprint density at radius 2 is 1.79 bits per heavy atom. The molecule has 2 atom stereocenters. The average Bonchev–Trinajstić information content (AvgIpc) is 3.60. The number of nitro benzene ring substituents is 1. The van der Waals surface area contributed by atoms with Gasteiger partial charge in [-0.1, -0.05) is 25.3 Å². The van der Waals surface area contributed by atoms with Gasteiger partial charge in [0.05, 0.1) is 11.3 Å². The number of thiophene rings is 1. The fraction of sp³-hybridized carbons (Fsp3) is 0.458. The van der Waals surface area contributed by atoms with Gasteiger partial charge in [-0.15, -0.1) is 11.3 Å². The molecule has 14 heteroatoms. The van der Waals surface area contributed by atoms with E-state index in [1.165, 1.54) is 18.2 Å². The van der Waals surface area contributed by atoms with E-state index in [9.17, 15) is 38.0 Å². The number of non-ortho nitro benzene ring substituents is 1. The quantitative estimate of drug-likeness (QED) is 0.346. The number of carbonyl (C=O) groups is 3. The van der Waals surface area contributed by atoms with Crippen LogP contribution in [0.3, 0.4) is 0 Å². The molecule has 1 aromatic carbocycles. The summed E-state index contributed by atoms with van der Waals surface area (Å²) < 4.78 is 27.9. The molecule has 2 heterocycles. The standard InChI is InChI=1S/C24H28N4O8S2/c29-20(30)15-19(16-5-2-1-3-6-16)25-22(31)23-26(24(32)17-8-10-18(11-9-17)28(33)34)12-13-27(23)38(35,36)21-7-4-14-37-21/h4,7-11,14,16,19,23H,1-3,5-6,12-13,15H2,(H,25,31)(H,29,30). The van der Waals surface area contributed by atoms with Crippen LogP contribution >= 0.6 is 11.3 Å². The van der Waals surface area contributed by atoms with Crippen molar-refractivity contribution in [3.63, 3.8) is 0 Å². The number of sulfonamides is 1. The smallest absolute Gasteiger partial charge is 0.305 e. The number of hydrogen-bond acceptors (Lipinski definition) is 8. The Labute approximate surface area is 223 Å². The van der Waals surface area contributed by atoms with Crippen molar-refractivity contribution in [3.05, 3.63) is 57.5 Å². The van der Waals surface area contributed by atoms with Crippen LogP contribution in [0, 0.1) is 16.0 Å². The molecule has 204 valence electrons. The number of carboxylic acids is 1. The Kier molecular flexibility index (Phi) is 8.43. The first kappa shape index (κ1) is 27.7. The first-order valence-electron chi connectivity index (χ1n) is 12.2. The van der Waals surface area contributed by atoms with Crippen LogP contribution in [-0.2, 0) is 19.6 Å². The third kappa shape index (κ3) is 5.87. The van der Waals surface area contributed by atoms with Gasteiger partial charge in [0.15, 0.2) is 6.17 Å². The summed E-state index contributed by atoms with van der Waals surface area (Å²) in [6, 6.07) is 7.07. The molecule has 38 heavy (non-hydrogen) atoms. The summed E-state index contributed by atoms with van der Waals surface area (Å²) >= 11 is 0.979. The van der Waals surface area contributed by atoms with E-state index >= 15 is 0 Å². The number of nitrogens with zero attached hydrogens (tertiary/aromatic N) is 3. The van der Waals surface area contributed by atoms with Crippen molar-refractivity contribution in [3.8, 4) is 0 Å². The molecule has 1 aliphatic carbocycles. The molecule has 2 unspecified atom stereocenters. The van der Waals surface area contributed by atoms with E-state index in [1.807, 2.05) is 0 Å². The predicted octanol–water partition coefficient (Wildman–Crippen LogP) is 2.67. The number of carbonyl (C=O) groups excluding carboxylic acids is 2. The molecule has 12 nitrogen and oxygen atoms in total. The largest absolute Gasteiger partial charge is 0.481 e. The molecule has 1 aliphatic heterocycles. The Hall–Kier alpha value is -3.36. The normalized spacial score (nSPS) is 19.7. The van der Waals surface area contributed by atoms with Crippen molar-refractivity contribution in [2.24, 2.45) is 5.92 Å². The van der Waals surface area contributed by atoms with Gasteiger partial charge in [-0.25, -0.2) is 8.42 Å². The number of nitrogens with one attached hydrogen (secondary N) is 1. The fourth-order valence-corrected chi connectivity index (χ4v) is 7.74. The zero-order chi connectivity index (χ0) is 27.4. The molecule has 2 aliphatic rings. The summed E-state index contributed by atoms with van der Waals surface area (Å²) in [5, 5.41) is 24.8. The molecule has 1 saturated carbocycles. The highest BCUT2D eigenvalue weighted by atomic mass is 32.2. The van der Waals surface area contributed by atoms with Crippen LogP contribution in [0.25, 0.3) is 0 Å². The van der Waals surface area contributed by atoms with Gasteiger partial charge in [0.1, 0.15) is 4.21 Å². The van der Waals surface area contributed by atoms with Gasteiger partial charge in [0.25, 0.3) is 27.5 Å². The third-order valence-electron chi connectivity index (χ3n) is 6.95. The summed E-state index contributed by atoms with van der Waals surface area (Å²) in [6.45, 7) is -0.240. The minimum atomic E-state index is -4.15. The number of carboxylic acid groups (broad SMARTS) is 1. The van der Waals surface area contributed by atoms with Gasteiger partial charge in [-0.3, -0.25) is 24.5 Å². The maximum Gasteiger partial charge on any atom is 0.305 e. The van der Waals surface area contributed by atoms with Gasteiger partial charge in [-0.05, 0) is 42.3 Å². The van der Waals surface area contributed by atoms with Crippen molar-refractivity contribution in [1.29, 1.82) is 0 Å². The molecule has 1 saturated heterocycles. The number of amides is 2. The molecule has 2 aromatic rings. The first-order chi connectivity index (χ1) is 18.1. The minimum absolute atomic E-state index is 0.00861. The van der Waals surface area contributed by atoms with Gasteiger partial charge < -0.3 is 15.3 Å². The summed E-state index contributed by atoms with van der Waals surface area (Å²) in [4.78, 5) is 50.2. The topological polar surface area (TPSA) is 167 Å². The average molecular weight is 565 g/mol. The summed E-state index contributed by atoms with van der Waals surface area (Å²) in [7, 11) is -4.15. The van der Waals surface area contributed by atoms with Gasteiger partial charge in [0.2, 0.25) is 0 Å². The van der Waals surface area contributed by atoms with Crippen LogP contribution in [0.4, 0.5) is 5.69 Å². The van der Waals surface area contributed by atoms with Crippen LogP contribution < -0.4 is 5.32 Å². The van der Waals surface area contributed by atoms with E-state index in [-0.39, 0.29) is 40.9 Å². The second-order valence-electron chi connectivity index (χ2n) is 9.34. The van der Waals surface area contributed by atoms with E-state index < -0.39 is 44.9 Å². The van der Waals surface area contributed by atoms with Gasteiger partial charge in [0, 0.05) is 36.8 Å². The molecule has 0 spiro atoms. The Morgan fingerprint density at radius 1 is 1.11 bits per heavy atom. The number of benzene rings is 1. The minimum Gasteiger partial charge on any atom is -0.481 e. The lowest BCUT2D eigenvalue weighted by Crippen LogP contribution is -2.56. The maximum absolute atomic E-state index is 13.7. The lowest BCUT2D eigenvalue weighted by atomic mass is 9.82. The zero-order valence-corrected chi connectivity index (χ0v) is 22.0. The highest BCUT2D eigenvalue weighted by molar-refractivity contribution is 7.91. The monoisotopic (exact) mass is 564 g/mol. The number of nitro groups is 1. The molecule has 0 bridgehead atoms. The first-order valence-corrected chi connectivity index (χ1v) is 14.5. The Bertz CT molecular complexity index is 1290. The van der Waals surface area contributed by atoms with Crippen molar-refractivity contribution in [2.45, 2.75) is 54.9 Å². The van der Waals surface area contributed by atoms with Crippen molar-refractivity contribution < 1.29 is 32.8 Å². The fourth-order valence-electron chi connectivity index (χ4n) is 5.08. The summed E-state index contributed by atoms with van der Waals surface area (Å²) in [5.41, 5.74) is -0.165. The van der Waals surface area contributed by atoms with Crippen molar-refractivity contribution >= 4 is 44.8 Å². The van der Waals surface area contributed by atoms with Gasteiger partial charge >= 0.3 is 5.97 Å². The SMILES string of the molecule is O=C(O)CC(NC(=O)C1N(C(=O)c2ccc([N+](=O)[O-])cc2)CCN1S(=O)(=O)c1cccs1)C1CCCCC1. The van der Waals surface area contributed by atoms with Crippen molar-refractivity contribution in [2.75, 3.05) is 13.1 Å². The van der Waals surface area contributed by atoms with Crippen LogP contribution in [0.15, 0.2) is 46.0 Å². The van der Waals surface area contributed by atoms with Gasteiger partial charge in [-0.2, -0.15) is 4.31 Å². The third-order valence-corrected chi connectivity index (χ3v) is 10.2. The highest BCUT2D eigenvalue weighted by Crippen LogP contribution is 2.31. The van der Waals surface area contributed by atoms with E-state index in [0.717, 1.165) is 64.8 Å². The Balaban J connectivity index is 1.66. The lowest BCUT2D eigenvalue weighted by Gasteiger charge is -2.33. The predicted molar refractivity (Wildman–Crippen MR) is 137 cm³/mol. The number of aliphatic carboxylic acids is 1. The summed E-state index contributed by atoms with van der Waals surface area (Å²) in [5.74, 6) is -2.62. The van der Waals surface area contributed by atoms with E-state index in [0.29, 0.717) is 0 Å². The van der Waals surface area contributed by atoms with Crippen molar-refractivity contribution in [1.82, 2.24) is 14.5 Å². The number of hydrogen-bond donors (Lipinski definition) is 2. The molecule has 0 radical (unpaired) electrons. The molecule has 1 aromatic heterocycles. The molecule has 2 fully saturated rings. The second kappa shape index (κ2) is 11.6. The second-order valence-corrected chi connectivity index (χ2v) is 12.4. The summed E-state index contributed by atoms with van der Waals surface area (Å²) in [6.07, 6.45) is 2.45. The van der Waals surface area contributed by atoms with E-state index in [2.05, 4.69) is 5.32 Å². The van der Waals surface area contributed by atoms with Crippen LogP contribution in [0.1, 0.15) is 48.9 Å². The molecule has 2 N–H and O–H groups in total. The Morgan fingerprint density at radius 3 is 2.37 bits per heavy atom. The zero-order valence-electron chi connectivity index (χ0n) is 20.4.